The predicted octanol–water partition coefficient (Wildman–Crippen LogP) is 1.52. The molecule has 0 unspecified atom stereocenters. The monoisotopic (exact) mass is 400 g/mol. The minimum Gasteiger partial charge on any atom is -0.508 e. The van der Waals surface area contributed by atoms with Gasteiger partial charge in [0.1, 0.15) is 29.3 Å². The van der Waals surface area contributed by atoms with Crippen LogP contribution in [0.1, 0.15) is 56.7 Å². The summed E-state index contributed by atoms with van der Waals surface area (Å²) in [5.41, 5.74) is -1.80. The van der Waals surface area contributed by atoms with Crippen molar-refractivity contribution in [3.05, 3.63) is 46.0 Å². The topological polar surface area (TPSA) is 158 Å². The number of aromatic hydroxyl groups is 4. The van der Waals surface area contributed by atoms with Gasteiger partial charge in [0, 0.05) is 29.7 Å². The zero-order valence-electron chi connectivity index (χ0n) is 15.1. The van der Waals surface area contributed by atoms with E-state index in [2.05, 4.69) is 0 Å². The van der Waals surface area contributed by atoms with E-state index in [0.29, 0.717) is 6.29 Å². The molecule has 0 amide bonds. The van der Waals surface area contributed by atoms with Crippen molar-refractivity contribution in [2.24, 2.45) is 0 Å². The summed E-state index contributed by atoms with van der Waals surface area (Å²) < 4.78 is 4.76. The minimum absolute atomic E-state index is 0.0825. The van der Waals surface area contributed by atoms with E-state index in [0.717, 1.165) is 18.2 Å². The van der Waals surface area contributed by atoms with E-state index in [4.69, 9.17) is 4.74 Å². The highest BCUT2D eigenvalue weighted by Gasteiger charge is 2.37. The molecule has 2 aromatic carbocycles. The van der Waals surface area contributed by atoms with Crippen LogP contribution in [0.25, 0.3) is 0 Å². The first kappa shape index (κ1) is 19.9. The van der Waals surface area contributed by atoms with Gasteiger partial charge in [0.25, 0.3) is 0 Å². The summed E-state index contributed by atoms with van der Waals surface area (Å²) in [4.78, 5) is 48.0. The van der Waals surface area contributed by atoms with Crippen LogP contribution < -0.4 is 0 Å². The molecule has 150 valence electrons. The standard InChI is InChI=1S/C20H16O9/c1-8(22)29-3-2-9(7-21)15-14(25)6-12-17(19(15)27)20(28)16-11(18(12)26)4-10(23)5-13(16)24/h4-7,9,23-25,27H,2-3H2,1H3/t9-/m1/s1. The lowest BCUT2D eigenvalue weighted by Crippen LogP contribution is -2.22. The molecule has 9 nitrogen and oxygen atoms in total. The number of aldehydes is 1. The Hall–Kier alpha value is -3.88. The number of carbonyl (C=O) groups excluding carboxylic acids is 4. The van der Waals surface area contributed by atoms with Gasteiger partial charge in [-0.25, -0.2) is 0 Å². The maximum absolute atomic E-state index is 12.9. The molecule has 1 aliphatic rings. The summed E-state index contributed by atoms with van der Waals surface area (Å²) >= 11 is 0. The molecule has 0 bridgehead atoms. The van der Waals surface area contributed by atoms with Crippen molar-refractivity contribution < 1.29 is 44.3 Å². The molecule has 4 N–H and O–H groups in total. The molecule has 29 heavy (non-hydrogen) atoms. The van der Waals surface area contributed by atoms with E-state index < -0.39 is 57.6 Å². The molecular weight excluding hydrogens is 384 g/mol. The summed E-state index contributed by atoms with van der Waals surface area (Å²) in [6.07, 6.45) is 0.323. The van der Waals surface area contributed by atoms with Gasteiger partial charge in [0.2, 0.25) is 5.78 Å². The first-order valence-corrected chi connectivity index (χ1v) is 8.50. The Balaban J connectivity index is 2.15. The van der Waals surface area contributed by atoms with E-state index in [-0.39, 0.29) is 29.7 Å². The van der Waals surface area contributed by atoms with Crippen molar-refractivity contribution in [1.29, 1.82) is 0 Å². The minimum atomic E-state index is -1.13. The number of phenolic OH excluding ortho intramolecular Hbond substituents is 4. The van der Waals surface area contributed by atoms with Gasteiger partial charge in [-0.05, 0) is 18.6 Å². The molecule has 0 aliphatic heterocycles. The van der Waals surface area contributed by atoms with Gasteiger partial charge in [-0.2, -0.15) is 0 Å². The Morgan fingerprint density at radius 1 is 1.00 bits per heavy atom. The highest BCUT2D eigenvalue weighted by molar-refractivity contribution is 6.30. The van der Waals surface area contributed by atoms with Gasteiger partial charge in [0.05, 0.1) is 23.7 Å². The van der Waals surface area contributed by atoms with E-state index >= 15 is 0 Å². The van der Waals surface area contributed by atoms with E-state index in [1.54, 1.807) is 0 Å². The maximum atomic E-state index is 12.9. The molecular formula is C20H16O9. The van der Waals surface area contributed by atoms with Crippen LogP contribution in [0.3, 0.4) is 0 Å². The lowest BCUT2D eigenvalue weighted by molar-refractivity contribution is -0.141. The molecule has 0 aromatic heterocycles. The summed E-state index contributed by atoms with van der Waals surface area (Å²) in [5.74, 6) is -5.90. The van der Waals surface area contributed by atoms with Crippen molar-refractivity contribution in [2.45, 2.75) is 19.3 Å². The second-order valence-corrected chi connectivity index (χ2v) is 6.50. The number of ether oxygens (including phenoxy) is 1. The molecule has 0 saturated heterocycles. The van der Waals surface area contributed by atoms with Gasteiger partial charge in [-0.1, -0.05) is 0 Å². The SMILES string of the molecule is CC(=O)OCC[C@H](C=O)c1c(O)cc2c(c1O)C(=O)c1c(O)cc(O)cc1C2=O. The van der Waals surface area contributed by atoms with Crippen molar-refractivity contribution in [1.82, 2.24) is 0 Å². The average Bonchev–Trinajstić information content (AvgIpc) is 2.63. The van der Waals surface area contributed by atoms with Crippen LogP contribution in [-0.4, -0.2) is 50.9 Å². The third-order valence-corrected chi connectivity index (χ3v) is 4.63. The van der Waals surface area contributed by atoms with Crippen molar-refractivity contribution in [3.8, 4) is 23.0 Å². The van der Waals surface area contributed by atoms with Crippen molar-refractivity contribution in [3.63, 3.8) is 0 Å². The van der Waals surface area contributed by atoms with Crippen molar-refractivity contribution >= 4 is 23.8 Å². The lowest BCUT2D eigenvalue weighted by atomic mass is 9.80. The molecule has 1 atom stereocenters. The van der Waals surface area contributed by atoms with Crippen LogP contribution in [0.4, 0.5) is 0 Å². The van der Waals surface area contributed by atoms with Gasteiger partial charge < -0.3 is 30.0 Å². The van der Waals surface area contributed by atoms with Crippen LogP contribution in [0, 0.1) is 0 Å². The number of ketones is 2. The molecule has 0 radical (unpaired) electrons. The Morgan fingerprint density at radius 3 is 2.28 bits per heavy atom. The molecule has 0 spiro atoms. The van der Waals surface area contributed by atoms with E-state index in [1.165, 1.54) is 6.92 Å². The fourth-order valence-electron chi connectivity index (χ4n) is 3.35. The highest BCUT2D eigenvalue weighted by Crippen LogP contribution is 2.45. The first-order valence-electron chi connectivity index (χ1n) is 8.50. The summed E-state index contributed by atoms with van der Waals surface area (Å²) in [5, 5.41) is 40.6. The second-order valence-electron chi connectivity index (χ2n) is 6.50. The number of hydrogen-bond acceptors (Lipinski definition) is 9. The molecule has 0 heterocycles. The van der Waals surface area contributed by atoms with Crippen LogP contribution in [0.5, 0.6) is 23.0 Å². The van der Waals surface area contributed by atoms with Crippen LogP contribution in [-0.2, 0) is 14.3 Å². The summed E-state index contributed by atoms with van der Waals surface area (Å²) in [6.45, 7) is 1.00. The smallest absolute Gasteiger partial charge is 0.302 e. The highest BCUT2D eigenvalue weighted by atomic mass is 16.5. The average molecular weight is 400 g/mol. The van der Waals surface area contributed by atoms with Gasteiger partial charge in [-0.15, -0.1) is 0 Å². The predicted molar refractivity (Wildman–Crippen MR) is 96.5 cm³/mol. The second kappa shape index (κ2) is 7.27. The van der Waals surface area contributed by atoms with Crippen LogP contribution in [0.15, 0.2) is 18.2 Å². The molecule has 2 aromatic rings. The molecule has 1 aliphatic carbocycles. The fourth-order valence-corrected chi connectivity index (χ4v) is 3.35. The molecule has 3 rings (SSSR count). The Bertz CT molecular complexity index is 1070. The number of phenols is 4. The van der Waals surface area contributed by atoms with Gasteiger partial charge in [-0.3, -0.25) is 14.4 Å². The maximum Gasteiger partial charge on any atom is 0.302 e. The lowest BCUT2D eigenvalue weighted by Gasteiger charge is -2.23. The summed E-state index contributed by atoms with van der Waals surface area (Å²) in [7, 11) is 0. The zero-order chi connectivity index (χ0) is 21.5. The Labute approximate surface area is 163 Å². The van der Waals surface area contributed by atoms with Crippen molar-refractivity contribution in [2.75, 3.05) is 6.61 Å². The number of carbonyl (C=O) groups is 4. The van der Waals surface area contributed by atoms with Gasteiger partial charge in [0.15, 0.2) is 5.78 Å². The number of benzene rings is 2. The normalized spacial score (nSPS) is 13.4. The van der Waals surface area contributed by atoms with Crippen LogP contribution >= 0.6 is 0 Å². The van der Waals surface area contributed by atoms with Crippen LogP contribution in [0.2, 0.25) is 0 Å². The number of hydrogen-bond donors (Lipinski definition) is 4. The quantitative estimate of drug-likeness (QED) is 0.368. The largest absolute Gasteiger partial charge is 0.508 e. The first-order chi connectivity index (χ1) is 13.7. The van der Waals surface area contributed by atoms with E-state index in [1.807, 2.05) is 0 Å². The fraction of sp³-hybridized carbons (Fsp3) is 0.200. The van der Waals surface area contributed by atoms with E-state index in [9.17, 15) is 39.6 Å². The van der Waals surface area contributed by atoms with Gasteiger partial charge >= 0.3 is 5.97 Å². The Kier molecular flexibility index (Phi) is 4.98. The number of esters is 1. The molecule has 0 saturated carbocycles. The zero-order valence-corrected chi connectivity index (χ0v) is 15.1. The number of rotatable bonds is 5. The summed E-state index contributed by atoms with van der Waals surface area (Å²) in [6, 6.07) is 2.81. The molecule has 9 heteroatoms. The Morgan fingerprint density at radius 2 is 1.66 bits per heavy atom. The third kappa shape index (κ3) is 3.27. The third-order valence-electron chi connectivity index (χ3n) is 4.63. The number of fused-ring (bicyclic) bond motifs is 2. The molecule has 0 fully saturated rings.